The number of pyridine rings is 1. The molecule has 0 fully saturated rings. The van der Waals surface area contributed by atoms with Gasteiger partial charge in [0.2, 0.25) is 0 Å². The summed E-state index contributed by atoms with van der Waals surface area (Å²) in [7, 11) is -3.92. The zero-order valence-corrected chi connectivity index (χ0v) is 12.8. The number of nitrogens with zero attached hydrogens (tertiary/aromatic N) is 2. The van der Waals surface area contributed by atoms with E-state index in [4.69, 9.17) is 16.0 Å². The third-order valence-corrected chi connectivity index (χ3v) is 4.39. The van der Waals surface area contributed by atoms with Crippen LogP contribution in [0.15, 0.2) is 46.0 Å². The molecule has 0 amide bonds. The molecule has 2 heterocycles. The normalized spacial score (nSPS) is 12.0. The molecule has 0 aliphatic rings. The van der Waals surface area contributed by atoms with Crippen molar-refractivity contribution >= 4 is 38.4 Å². The van der Waals surface area contributed by atoms with Gasteiger partial charge in [-0.05, 0) is 24.3 Å². The van der Waals surface area contributed by atoms with Crippen LogP contribution in [0.25, 0.3) is 11.1 Å². The van der Waals surface area contributed by atoms with E-state index in [1.54, 1.807) is 0 Å². The highest BCUT2D eigenvalue weighted by molar-refractivity contribution is 7.92. The molecule has 1 N–H and O–H groups in total. The molecule has 0 unspecified atom stereocenters. The summed E-state index contributed by atoms with van der Waals surface area (Å²) < 4.78 is 56.7. The van der Waals surface area contributed by atoms with Crippen molar-refractivity contribution < 1.29 is 21.6 Å². The Balaban J connectivity index is 1.94. The minimum absolute atomic E-state index is 0.115. The van der Waals surface area contributed by atoms with Crippen LogP contribution in [0.1, 0.15) is 12.3 Å². The summed E-state index contributed by atoms with van der Waals surface area (Å²) in [5.74, 6) is -0.723. The van der Waals surface area contributed by atoms with Gasteiger partial charge in [0.25, 0.3) is 15.9 Å². The van der Waals surface area contributed by atoms with Crippen LogP contribution in [0.5, 0.6) is 0 Å². The van der Waals surface area contributed by atoms with Gasteiger partial charge in [0, 0.05) is 12.4 Å². The van der Waals surface area contributed by atoms with Gasteiger partial charge in [-0.25, -0.2) is 13.4 Å². The maximum Gasteiger partial charge on any atom is 0.313 e. The largest absolute Gasteiger partial charge is 0.435 e. The lowest BCUT2D eigenvalue weighted by atomic mass is 10.3. The van der Waals surface area contributed by atoms with E-state index in [0.717, 1.165) is 6.20 Å². The molecule has 10 heteroatoms. The van der Waals surface area contributed by atoms with E-state index in [-0.39, 0.29) is 26.7 Å². The minimum atomic E-state index is -3.92. The Labute approximate surface area is 134 Å². The smallest absolute Gasteiger partial charge is 0.313 e. The lowest BCUT2D eigenvalue weighted by Crippen LogP contribution is -2.13. The van der Waals surface area contributed by atoms with Gasteiger partial charge in [-0.2, -0.15) is 8.78 Å². The number of fused-ring (bicyclic) bond motifs is 1. The van der Waals surface area contributed by atoms with Crippen LogP contribution in [0.4, 0.5) is 14.5 Å². The summed E-state index contributed by atoms with van der Waals surface area (Å²) in [6.07, 6.45) is -0.411. The fourth-order valence-corrected chi connectivity index (χ4v) is 3.13. The van der Waals surface area contributed by atoms with Gasteiger partial charge < -0.3 is 4.42 Å². The molecule has 0 aliphatic heterocycles. The van der Waals surface area contributed by atoms with E-state index in [0.29, 0.717) is 0 Å². The van der Waals surface area contributed by atoms with Crippen molar-refractivity contribution in [3.8, 4) is 0 Å². The van der Waals surface area contributed by atoms with Gasteiger partial charge in [0.1, 0.15) is 10.4 Å². The summed E-state index contributed by atoms with van der Waals surface area (Å²) >= 11 is 5.72. The maximum absolute atomic E-state index is 12.5. The fourth-order valence-electron chi connectivity index (χ4n) is 1.86. The molecule has 0 saturated carbocycles. The van der Waals surface area contributed by atoms with Crippen LogP contribution in [0.3, 0.4) is 0 Å². The number of alkyl halides is 2. The molecule has 0 spiro atoms. The number of hydrogen-bond acceptors (Lipinski definition) is 5. The van der Waals surface area contributed by atoms with Gasteiger partial charge in [-0.1, -0.05) is 11.6 Å². The molecule has 3 rings (SSSR count). The Bertz CT molecular complexity index is 976. The van der Waals surface area contributed by atoms with Gasteiger partial charge >= 0.3 is 6.43 Å². The molecule has 6 nitrogen and oxygen atoms in total. The summed E-state index contributed by atoms with van der Waals surface area (Å²) in [5.41, 5.74) is 0.393. The quantitative estimate of drug-likeness (QED) is 0.769. The molecule has 23 heavy (non-hydrogen) atoms. The van der Waals surface area contributed by atoms with Crippen LogP contribution < -0.4 is 4.72 Å². The van der Waals surface area contributed by atoms with Crippen molar-refractivity contribution in [2.75, 3.05) is 4.72 Å². The second-order valence-corrected chi connectivity index (χ2v) is 6.60. The van der Waals surface area contributed by atoms with Crippen LogP contribution in [-0.2, 0) is 10.0 Å². The zero-order valence-electron chi connectivity index (χ0n) is 11.2. The van der Waals surface area contributed by atoms with E-state index >= 15 is 0 Å². The summed E-state index contributed by atoms with van der Waals surface area (Å²) in [6.45, 7) is 0. The Kier molecular flexibility index (Phi) is 3.90. The number of halogens is 3. The number of nitrogens with one attached hydrogen (secondary N) is 1. The van der Waals surface area contributed by atoms with Crippen molar-refractivity contribution in [1.29, 1.82) is 0 Å². The van der Waals surface area contributed by atoms with E-state index in [2.05, 4.69) is 14.7 Å². The predicted octanol–water partition coefficient (Wildman–Crippen LogP) is 3.61. The summed E-state index contributed by atoms with van der Waals surface area (Å²) in [5, 5.41) is 0.168. The van der Waals surface area contributed by atoms with Crippen molar-refractivity contribution in [2.45, 2.75) is 11.3 Å². The number of hydrogen-bond donors (Lipinski definition) is 1. The first-order valence-corrected chi connectivity index (χ1v) is 8.03. The SMILES string of the molecule is O=S(=O)(Nc1ccc2oc(C(F)F)nc2c1)c1cncc(Cl)c1. The van der Waals surface area contributed by atoms with Crippen LogP contribution in [0, 0.1) is 0 Å². The van der Waals surface area contributed by atoms with Crippen LogP contribution in [-0.4, -0.2) is 18.4 Å². The average molecular weight is 360 g/mol. The third kappa shape index (κ3) is 3.25. The van der Waals surface area contributed by atoms with Gasteiger partial charge in [-0.3, -0.25) is 9.71 Å². The van der Waals surface area contributed by atoms with Crippen molar-refractivity contribution in [2.24, 2.45) is 0 Å². The third-order valence-electron chi connectivity index (χ3n) is 2.83. The molecule has 2 aromatic heterocycles. The molecule has 3 aromatic rings. The lowest BCUT2D eigenvalue weighted by Gasteiger charge is -2.07. The van der Waals surface area contributed by atoms with E-state index < -0.39 is 22.3 Å². The number of benzene rings is 1. The van der Waals surface area contributed by atoms with Gasteiger partial charge in [0.15, 0.2) is 5.58 Å². The number of sulfonamides is 1. The Morgan fingerprint density at radius 2 is 2.00 bits per heavy atom. The second kappa shape index (κ2) is 5.74. The first kappa shape index (κ1) is 15.6. The highest BCUT2D eigenvalue weighted by atomic mass is 35.5. The molecule has 0 aliphatic carbocycles. The number of anilines is 1. The number of oxazole rings is 1. The lowest BCUT2D eigenvalue weighted by molar-refractivity contribution is 0.117. The molecule has 0 atom stereocenters. The Morgan fingerprint density at radius 3 is 2.70 bits per heavy atom. The van der Waals surface area contributed by atoms with E-state index in [9.17, 15) is 17.2 Å². The second-order valence-electron chi connectivity index (χ2n) is 4.48. The summed E-state index contributed by atoms with van der Waals surface area (Å²) in [4.78, 5) is 7.18. The molecule has 0 saturated heterocycles. The van der Waals surface area contributed by atoms with E-state index in [1.807, 2.05) is 0 Å². The van der Waals surface area contributed by atoms with Crippen LogP contribution in [0.2, 0.25) is 5.02 Å². The number of rotatable bonds is 4. The molecule has 0 radical (unpaired) electrons. The maximum atomic E-state index is 12.5. The number of aromatic nitrogens is 2. The monoisotopic (exact) mass is 359 g/mol. The van der Waals surface area contributed by atoms with Crippen LogP contribution >= 0.6 is 11.6 Å². The first-order chi connectivity index (χ1) is 10.8. The molecule has 120 valence electrons. The topological polar surface area (TPSA) is 85.1 Å². The van der Waals surface area contributed by atoms with Crippen molar-refractivity contribution in [1.82, 2.24) is 9.97 Å². The first-order valence-electron chi connectivity index (χ1n) is 6.17. The highest BCUT2D eigenvalue weighted by Crippen LogP contribution is 2.26. The Hall–Kier alpha value is -2.26. The molecular formula is C13H8ClF2N3O3S. The molecule has 1 aromatic carbocycles. The molecular weight excluding hydrogens is 352 g/mol. The van der Waals surface area contributed by atoms with Gasteiger partial charge in [0.05, 0.1) is 10.7 Å². The van der Waals surface area contributed by atoms with Gasteiger partial charge in [-0.15, -0.1) is 0 Å². The minimum Gasteiger partial charge on any atom is -0.435 e. The predicted molar refractivity (Wildman–Crippen MR) is 79.0 cm³/mol. The standard InChI is InChI=1S/C13H8ClF2N3O3S/c14-7-3-9(6-17-5-7)23(20,21)19-8-1-2-11-10(4-8)18-13(22-11)12(15)16/h1-6,12,19H. The molecule has 0 bridgehead atoms. The Morgan fingerprint density at radius 1 is 1.22 bits per heavy atom. The van der Waals surface area contributed by atoms with Crippen molar-refractivity contribution in [3.63, 3.8) is 0 Å². The fraction of sp³-hybridized carbons (Fsp3) is 0.0769. The summed E-state index contributed by atoms with van der Waals surface area (Å²) in [6, 6.07) is 5.25. The zero-order chi connectivity index (χ0) is 16.6. The highest BCUT2D eigenvalue weighted by Gasteiger charge is 2.18. The van der Waals surface area contributed by atoms with E-state index in [1.165, 1.54) is 30.5 Å². The van der Waals surface area contributed by atoms with Crippen molar-refractivity contribution in [3.05, 3.63) is 47.6 Å². The average Bonchev–Trinajstić information content (AvgIpc) is 2.90.